The number of nitrogens with zero attached hydrogens (tertiary/aromatic N) is 3. The third kappa shape index (κ3) is 4.08. The van der Waals surface area contributed by atoms with Gasteiger partial charge in [-0.3, -0.25) is 14.5 Å². The van der Waals surface area contributed by atoms with Crippen LogP contribution in [0.1, 0.15) is 44.7 Å². The highest BCUT2D eigenvalue weighted by molar-refractivity contribution is 6.08. The van der Waals surface area contributed by atoms with Gasteiger partial charge in [-0.2, -0.15) is 0 Å². The van der Waals surface area contributed by atoms with E-state index in [9.17, 15) is 9.59 Å². The molecule has 1 aliphatic rings. The van der Waals surface area contributed by atoms with E-state index >= 15 is 0 Å². The largest absolute Gasteiger partial charge is 0.497 e. The predicted octanol–water partition coefficient (Wildman–Crippen LogP) is 4.36. The van der Waals surface area contributed by atoms with E-state index in [2.05, 4.69) is 6.92 Å². The van der Waals surface area contributed by atoms with Crippen LogP contribution in [-0.2, 0) is 14.3 Å². The zero-order chi connectivity index (χ0) is 24.2. The fraction of sp³-hybridized carbons (Fsp3) is 0.423. The van der Waals surface area contributed by atoms with Gasteiger partial charge in [0.1, 0.15) is 11.5 Å². The van der Waals surface area contributed by atoms with E-state index < -0.39 is 17.9 Å². The zero-order valence-electron chi connectivity index (χ0n) is 20.1. The minimum Gasteiger partial charge on any atom is -0.497 e. The number of ether oxygens (including phenoxy) is 3. The molecule has 34 heavy (non-hydrogen) atoms. The first-order valence-electron chi connectivity index (χ1n) is 11.7. The number of carbonyl (C=O) groups is 2. The van der Waals surface area contributed by atoms with Gasteiger partial charge in [0.25, 0.3) is 0 Å². The molecule has 0 N–H and O–H groups in total. The third-order valence-electron chi connectivity index (χ3n) is 6.23. The van der Waals surface area contributed by atoms with E-state index in [0.29, 0.717) is 29.6 Å². The van der Waals surface area contributed by atoms with Gasteiger partial charge in [0, 0.05) is 12.1 Å². The van der Waals surface area contributed by atoms with Crippen molar-refractivity contribution >= 4 is 28.9 Å². The van der Waals surface area contributed by atoms with Gasteiger partial charge in [0.05, 0.1) is 37.9 Å². The summed E-state index contributed by atoms with van der Waals surface area (Å²) in [6.07, 6.45) is 2.80. The number of imidazole rings is 1. The number of benzene rings is 2. The summed E-state index contributed by atoms with van der Waals surface area (Å²) in [6.45, 7) is 4.51. The molecule has 3 aromatic rings. The molecule has 0 fully saturated rings. The molecule has 8 nitrogen and oxygen atoms in total. The van der Waals surface area contributed by atoms with Gasteiger partial charge in [-0.15, -0.1) is 0 Å². The van der Waals surface area contributed by atoms with Crippen molar-refractivity contribution in [2.45, 2.75) is 39.2 Å². The molecule has 1 aliphatic heterocycles. The normalized spacial score (nSPS) is 17.5. The first-order valence-corrected chi connectivity index (χ1v) is 11.7. The Morgan fingerprint density at radius 2 is 1.85 bits per heavy atom. The fourth-order valence-electron chi connectivity index (χ4n) is 4.63. The van der Waals surface area contributed by atoms with Gasteiger partial charge < -0.3 is 18.8 Å². The van der Waals surface area contributed by atoms with E-state index in [0.717, 1.165) is 30.3 Å². The van der Waals surface area contributed by atoms with Crippen molar-refractivity contribution in [3.05, 3.63) is 48.0 Å². The van der Waals surface area contributed by atoms with E-state index in [1.165, 1.54) is 0 Å². The molecular weight excluding hydrogens is 434 g/mol. The monoisotopic (exact) mass is 465 g/mol. The van der Waals surface area contributed by atoms with Crippen molar-refractivity contribution in [2.75, 3.05) is 32.3 Å². The maximum atomic E-state index is 13.9. The lowest BCUT2D eigenvalue weighted by Crippen LogP contribution is -2.50. The van der Waals surface area contributed by atoms with Crippen molar-refractivity contribution in [2.24, 2.45) is 5.92 Å². The molecular formula is C26H31N3O5. The third-order valence-corrected chi connectivity index (χ3v) is 6.23. The fourth-order valence-corrected chi connectivity index (χ4v) is 4.63. The summed E-state index contributed by atoms with van der Waals surface area (Å²) in [7, 11) is 3.15. The molecule has 2 atom stereocenters. The lowest BCUT2D eigenvalue weighted by Gasteiger charge is -2.38. The summed E-state index contributed by atoms with van der Waals surface area (Å²) in [5, 5.41) is 0. The van der Waals surface area contributed by atoms with E-state index in [-0.39, 0.29) is 12.5 Å². The van der Waals surface area contributed by atoms with Gasteiger partial charge in [0.2, 0.25) is 11.9 Å². The molecule has 8 heteroatoms. The number of para-hydroxylation sites is 2. The molecule has 0 unspecified atom stereocenters. The molecule has 0 spiro atoms. The molecule has 2 aromatic carbocycles. The number of amides is 1. The minimum absolute atomic E-state index is 0.179. The predicted molar refractivity (Wildman–Crippen MR) is 129 cm³/mol. The van der Waals surface area contributed by atoms with Crippen LogP contribution in [0, 0.1) is 5.92 Å². The summed E-state index contributed by atoms with van der Waals surface area (Å²) in [5.41, 5.74) is 2.24. The first kappa shape index (κ1) is 23.6. The topological polar surface area (TPSA) is 82.9 Å². The number of methoxy groups -OCH3 is 2. The van der Waals surface area contributed by atoms with Gasteiger partial charge in [-0.05, 0) is 43.7 Å². The number of aromatic nitrogens is 2. The van der Waals surface area contributed by atoms with Crippen LogP contribution in [0.3, 0.4) is 0 Å². The van der Waals surface area contributed by atoms with Gasteiger partial charge in [-0.1, -0.05) is 31.9 Å². The number of hydrogen-bond acceptors (Lipinski definition) is 6. The highest BCUT2D eigenvalue weighted by atomic mass is 16.5. The Labute approximate surface area is 199 Å². The molecule has 0 aliphatic carbocycles. The number of carbonyl (C=O) groups excluding carboxylic acids is 2. The molecule has 2 heterocycles. The molecule has 1 aromatic heterocycles. The van der Waals surface area contributed by atoms with Crippen LogP contribution in [0.2, 0.25) is 0 Å². The lowest BCUT2D eigenvalue weighted by atomic mass is 9.88. The van der Waals surface area contributed by atoms with Crippen LogP contribution in [0.4, 0.5) is 5.95 Å². The second kappa shape index (κ2) is 10.2. The van der Waals surface area contributed by atoms with Crippen LogP contribution >= 0.6 is 0 Å². The number of anilines is 1. The highest BCUT2D eigenvalue weighted by Crippen LogP contribution is 2.44. The van der Waals surface area contributed by atoms with E-state index in [1.54, 1.807) is 38.2 Å². The SMILES string of the molecule is CCCCCN1C(=O)[C@@H](C(=O)OCC)[C@@H](c2cc(OC)ccc2OC)n2c1nc1ccccc12. The Hall–Kier alpha value is -3.55. The van der Waals surface area contributed by atoms with Crippen molar-refractivity contribution < 1.29 is 23.8 Å². The van der Waals surface area contributed by atoms with Crippen LogP contribution in [-0.4, -0.2) is 48.8 Å². The van der Waals surface area contributed by atoms with Crippen molar-refractivity contribution in [1.82, 2.24) is 9.55 Å². The number of rotatable bonds is 9. The maximum Gasteiger partial charge on any atom is 0.321 e. The molecule has 4 rings (SSSR count). The highest BCUT2D eigenvalue weighted by Gasteiger charge is 2.48. The van der Waals surface area contributed by atoms with Crippen LogP contribution in [0.25, 0.3) is 11.0 Å². The minimum atomic E-state index is -1.09. The Balaban J connectivity index is 2.00. The quantitative estimate of drug-likeness (QED) is 0.265. The Morgan fingerprint density at radius 3 is 2.56 bits per heavy atom. The summed E-state index contributed by atoms with van der Waals surface area (Å²) >= 11 is 0. The molecule has 0 bridgehead atoms. The summed E-state index contributed by atoms with van der Waals surface area (Å²) in [6, 6.07) is 12.4. The average molecular weight is 466 g/mol. The number of fused-ring (bicyclic) bond motifs is 3. The molecule has 180 valence electrons. The Kier molecular flexibility index (Phi) is 7.05. The summed E-state index contributed by atoms with van der Waals surface area (Å²) in [4.78, 5) is 33.7. The number of hydrogen-bond donors (Lipinski definition) is 0. The smallest absolute Gasteiger partial charge is 0.321 e. The molecule has 0 saturated carbocycles. The maximum absolute atomic E-state index is 13.9. The van der Waals surface area contributed by atoms with Crippen molar-refractivity contribution in [1.29, 1.82) is 0 Å². The van der Waals surface area contributed by atoms with Gasteiger partial charge >= 0.3 is 5.97 Å². The van der Waals surface area contributed by atoms with Gasteiger partial charge in [-0.25, -0.2) is 4.98 Å². The van der Waals surface area contributed by atoms with E-state index in [4.69, 9.17) is 19.2 Å². The van der Waals surface area contributed by atoms with Crippen LogP contribution < -0.4 is 14.4 Å². The number of esters is 1. The molecule has 1 amide bonds. The Morgan fingerprint density at radius 1 is 1.06 bits per heavy atom. The Bertz CT molecular complexity index is 1190. The van der Waals surface area contributed by atoms with Crippen molar-refractivity contribution in [3.63, 3.8) is 0 Å². The lowest BCUT2D eigenvalue weighted by molar-refractivity contribution is -0.153. The molecule has 0 radical (unpaired) electrons. The molecule has 0 saturated heterocycles. The summed E-state index contributed by atoms with van der Waals surface area (Å²) in [5.74, 6) is -0.290. The summed E-state index contributed by atoms with van der Waals surface area (Å²) < 4.78 is 18.5. The number of unbranched alkanes of at least 4 members (excludes halogenated alkanes) is 2. The first-order chi connectivity index (χ1) is 16.5. The second-order valence-corrected chi connectivity index (χ2v) is 8.25. The van der Waals surface area contributed by atoms with Crippen molar-refractivity contribution in [3.8, 4) is 11.5 Å². The zero-order valence-corrected chi connectivity index (χ0v) is 20.1. The van der Waals surface area contributed by atoms with E-state index in [1.807, 2.05) is 34.9 Å². The van der Waals surface area contributed by atoms with Gasteiger partial charge in [0.15, 0.2) is 5.92 Å². The average Bonchev–Trinajstić information content (AvgIpc) is 3.23. The van der Waals surface area contributed by atoms with Crippen LogP contribution in [0.15, 0.2) is 42.5 Å². The van der Waals surface area contributed by atoms with Crippen LogP contribution in [0.5, 0.6) is 11.5 Å². The standard InChI is InChI=1S/C26H31N3O5/c1-5-7-10-15-28-24(30)22(25(31)34-6-2)23(18-16-17(32-3)13-14-21(18)33-4)29-20-12-9-8-11-19(20)27-26(28)29/h8-9,11-14,16,22-23H,5-7,10,15H2,1-4H3/t22-,23+/m0/s1. The second-order valence-electron chi connectivity index (χ2n) is 8.25.